The van der Waals surface area contributed by atoms with Crippen LogP contribution in [-0.2, 0) is 26.7 Å². The Hall–Kier alpha value is -1.16. The molecule has 0 spiro atoms. The van der Waals surface area contributed by atoms with Gasteiger partial charge < -0.3 is 9.79 Å². The van der Waals surface area contributed by atoms with Crippen LogP contribution in [0.4, 0.5) is 8.78 Å². The summed E-state index contributed by atoms with van der Waals surface area (Å²) in [6.07, 6.45) is 0.201. The molecule has 11 heteroatoms. The summed E-state index contributed by atoms with van der Waals surface area (Å²) in [4.78, 5) is 17.7. The molecular weight excluding hydrogens is 455 g/mol. The van der Waals surface area contributed by atoms with E-state index in [4.69, 9.17) is 9.79 Å². The average Bonchev–Trinajstić information content (AvgIpc) is 2.54. The quantitative estimate of drug-likeness (QED) is 0.540. The second-order valence-electron chi connectivity index (χ2n) is 5.36. The highest BCUT2D eigenvalue weighted by Gasteiger charge is 2.51. The Morgan fingerprint density at radius 3 is 2.27 bits per heavy atom. The first-order chi connectivity index (χ1) is 11.9. The van der Waals surface area contributed by atoms with Crippen molar-refractivity contribution < 1.29 is 31.6 Å². The molecule has 0 saturated heterocycles. The maximum absolute atomic E-state index is 13.8. The predicted molar refractivity (Wildman–Crippen MR) is 95.4 cm³/mol. The SMILES string of the molecule is O=P(O)(O)C(F)(F)c1ccc(CCNS(=O)(=O)c2ccccc2)cc1Br. The van der Waals surface area contributed by atoms with E-state index in [1.807, 2.05) is 0 Å². The van der Waals surface area contributed by atoms with Gasteiger partial charge >= 0.3 is 13.3 Å². The van der Waals surface area contributed by atoms with Gasteiger partial charge in [-0.05, 0) is 30.2 Å². The van der Waals surface area contributed by atoms with Crippen LogP contribution >= 0.6 is 23.5 Å². The van der Waals surface area contributed by atoms with Gasteiger partial charge in [0.15, 0.2) is 0 Å². The highest BCUT2D eigenvalue weighted by Crippen LogP contribution is 2.60. The molecule has 0 bridgehead atoms. The first-order valence-electron chi connectivity index (χ1n) is 7.22. The smallest absolute Gasteiger partial charge is 0.320 e. The minimum absolute atomic E-state index is 0.0257. The van der Waals surface area contributed by atoms with E-state index in [0.29, 0.717) is 5.56 Å². The van der Waals surface area contributed by atoms with Crippen LogP contribution in [0.2, 0.25) is 0 Å². The van der Waals surface area contributed by atoms with Crippen LogP contribution in [0, 0.1) is 0 Å². The molecular formula is C15H15BrF2NO5PS. The number of halogens is 3. The molecule has 0 atom stereocenters. The molecule has 142 valence electrons. The molecule has 0 fully saturated rings. The van der Waals surface area contributed by atoms with E-state index in [1.54, 1.807) is 18.2 Å². The summed E-state index contributed by atoms with van der Waals surface area (Å²) < 4.78 is 64.9. The van der Waals surface area contributed by atoms with E-state index in [0.717, 1.165) is 6.07 Å². The van der Waals surface area contributed by atoms with Crippen LogP contribution in [-0.4, -0.2) is 24.7 Å². The highest BCUT2D eigenvalue weighted by atomic mass is 79.9. The number of hydrogen-bond acceptors (Lipinski definition) is 3. The Bertz CT molecular complexity index is 934. The minimum Gasteiger partial charge on any atom is -0.320 e. The zero-order valence-electron chi connectivity index (χ0n) is 13.1. The standard InChI is InChI=1S/C15H15BrF2NO5PS/c16-14-10-11(6-7-13(14)15(17,18)25(20,21)22)8-9-19-26(23,24)12-4-2-1-3-5-12/h1-7,10,19H,8-9H2,(H2,20,21,22). The van der Waals surface area contributed by atoms with Crippen molar-refractivity contribution in [3.63, 3.8) is 0 Å². The Balaban J connectivity index is 2.08. The first-order valence-corrected chi connectivity index (χ1v) is 11.1. The first kappa shape index (κ1) is 21.1. The van der Waals surface area contributed by atoms with Gasteiger partial charge in [0.2, 0.25) is 10.0 Å². The van der Waals surface area contributed by atoms with E-state index < -0.39 is 28.8 Å². The number of alkyl halides is 2. The van der Waals surface area contributed by atoms with Crippen LogP contribution < -0.4 is 4.72 Å². The zero-order valence-corrected chi connectivity index (χ0v) is 16.4. The summed E-state index contributed by atoms with van der Waals surface area (Å²) in [6, 6.07) is 11.2. The largest absolute Gasteiger partial charge is 0.399 e. The molecule has 0 aliphatic carbocycles. The van der Waals surface area contributed by atoms with Gasteiger partial charge in [0, 0.05) is 16.6 Å². The van der Waals surface area contributed by atoms with Crippen LogP contribution in [0.1, 0.15) is 11.1 Å². The van der Waals surface area contributed by atoms with E-state index in [-0.39, 0.29) is 22.3 Å². The third kappa shape index (κ3) is 4.76. The number of rotatable bonds is 7. The summed E-state index contributed by atoms with van der Waals surface area (Å²) in [6.45, 7) is 0.0257. The van der Waals surface area contributed by atoms with Gasteiger partial charge in [-0.2, -0.15) is 8.78 Å². The Labute approximate surface area is 157 Å². The molecule has 0 aromatic heterocycles. The van der Waals surface area contributed by atoms with Gasteiger partial charge in [0.1, 0.15) is 0 Å². The van der Waals surface area contributed by atoms with Crippen molar-refractivity contribution in [1.82, 2.24) is 4.72 Å². The molecule has 0 aliphatic rings. The third-order valence-corrected chi connectivity index (χ3v) is 6.59. The molecule has 6 nitrogen and oxygen atoms in total. The molecule has 0 radical (unpaired) electrons. The average molecular weight is 470 g/mol. The lowest BCUT2D eigenvalue weighted by molar-refractivity contribution is 0.0557. The van der Waals surface area contributed by atoms with Crippen LogP contribution in [0.5, 0.6) is 0 Å². The van der Waals surface area contributed by atoms with Gasteiger partial charge in [-0.25, -0.2) is 13.1 Å². The fraction of sp³-hybridized carbons (Fsp3) is 0.200. The summed E-state index contributed by atoms with van der Waals surface area (Å²) in [5.74, 6) is 0. The molecule has 0 unspecified atom stereocenters. The van der Waals surface area contributed by atoms with E-state index in [1.165, 1.54) is 24.3 Å². The van der Waals surface area contributed by atoms with Gasteiger partial charge in [-0.1, -0.05) is 46.3 Å². The Morgan fingerprint density at radius 2 is 1.73 bits per heavy atom. The Kier molecular flexibility index (Phi) is 6.37. The van der Waals surface area contributed by atoms with Crippen molar-refractivity contribution in [3.05, 3.63) is 64.1 Å². The van der Waals surface area contributed by atoms with Crippen molar-refractivity contribution >= 4 is 33.5 Å². The fourth-order valence-electron chi connectivity index (χ4n) is 2.13. The van der Waals surface area contributed by atoms with Crippen LogP contribution in [0.3, 0.4) is 0 Å². The molecule has 0 aliphatic heterocycles. The highest BCUT2D eigenvalue weighted by molar-refractivity contribution is 9.10. The number of sulfonamides is 1. The Morgan fingerprint density at radius 1 is 1.12 bits per heavy atom. The number of nitrogens with one attached hydrogen (secondary N) is 1. The van der Waals surface area contributed by atoms with Crippen LogP contribution in [0.15, 0.2) is 57.9 Å². The number of hydrogen-bond donors (Lipinski definition) is 3. The summed E-state index contributed by atoms with van der Waals surface area (Å²) in [5, 5.41) is 0. The summed E-state index contributed by atoms with van der Waals surface area (Å²) >= 11 is 2.88. The minimum atomic E-state index is -5.66. The van der Waals surface area contributed by atoms with E-state index >= 15 is 0 Å². The second-order valence-corrected chi connectivity index (χ2v) is 9.63. The van der Waals surface area contributed by atoms with Crippen molar-refractivity contribution in [2.75, 3.05) is 6.54 Å². The third-order valence-electron chi connectivity index (χ3n) is 3.48. The molecule has 2 rings (SSSR count). The molecule has 0 heterocycles. The van der Waals surface area contributed by atoms with Gasteiger partial charge in [0.05, 0.1) is 4.90 Å². The molecule has 0 amide bonds. The van der Waals surface area contributed by atoms with Gasteiger partial charge in [-0.3, -0.25) is 4.57 Å². The normalized spacial score (nSPS) is 13.0. The van der Waals surface area contributed by atoms with Gasteiger partial charge in [-0.15, -0.1) is 0 Å². The van der Waals surface area contributed by atoms with E-state index in [2.05, 4.69) is 20.7 Å². The zero-order chi connectivity index (χ0) is 19.6. The van der Waals surface area contributed by atoms with Crippen LogP contribution in [0.25, 0.3) is 0 Å². The molecule has 0 saturated carbocycles. The monoisotopic (exact) mass is 469 g/mol. The van der Waals surface area contributed by atoms with Crippen molar-refractivity contribution in [3.8, 4) is 0 Å². The molecule has 3 N–H and O–H groups in total. The van der Waals surface area contributed by atoms with Gasteiger partial charge in [0.25, 0.3) is 0 Å². The predicted octanol–water partition coefficient (Wildman–Crippen LogP) is 3.20. The number of benzene rings is 2. The molecule has 26 heavy (non-hydrogen) atoms. The lowest BCUT2D eigenvalue weighted by Crippen LogP contribution is -2.26. The maximum Gasteiger partial charge on any atom is 0.399 e. The lowest BCUT2D eigenvalue weighted by Gasteiger charge is -2.19. The summed E-state index contributed by atoms with van der Waals surface area (Å²) in [5.41, 5.74) is -4.64. The van der Waals surface area contributed by atoms with E-state index in [9.17, 15) is 21.8 Å². The maximum atomic E-state index is 13.8. The molecule has 2 aromatic carbocycles. The fourth-order valence-corrected chi connectivity index (χ4v) is 4.52. The molecule has 2 aromatic rings. The topological polar surface area (TPSA) is 104 Å². The van der Waals surface area contributed by atoms with Crippen molar-refractivity contribution in [2.45, 2.75) is 17.0 Å². The van der Waals surface area contributed by atoms with Crippen molar-refractivity contribution in [2.24, 2.45) is 0 Å². The van der Waals surface area contributed by atoms with Crippen molar-refractivity contribution in [1.29, 1.82) is 0 Å². The summed E-state index contributed by atoms with van der Waals surface area (Å²) in [7, 11) is -9.34. The second kappa shape index (κ2) is 7.84. The lowest BCUT2D eigenvalue weighted by atomic mass is 10.1.